The van der Waals surface area contributed by atoms with Crippen LogP contribution in [0.5, 0.6) is 17.5 Å². The number of nitrogens with zero attached hydrogens (tertiary/aromatic N) is 3. The van der Waals surface area contributed by atoms with Crippen molar-refractivity contribution in [2.75, 3.05) is 6.61 Å². The summed E-state index contributed by atoms with van der Waals surface area (Å²) in [5.41, 5.74) is 5.42. The van der Waals surface area contributed by atoms with Crippen molar-refractivity contribution in [1.29, 1.82) is 0 Å². The summed E-state index contributed by atoms with van der Waals surface area (Å²) in [5.74, 6) is -0.444. The largest absolute Gasteiger partial charge is 0.491 e. The number of halogens is 2. The van der Waals surface area contributed by atoms with Gasteiger partial charge in [-0.3, -0.25) is 4.98 Å². The van der Waals surface area contributed by atoms with Crippen molar-refractivity contribution in [3.63, 3.8) is 0 Å². The van der Waals surface area contributed by atoms with Crippen LogP contribution in [-0.2, 0) is 6.42 Å². The zero-order valence-electron chi connectivity index (χ0n) is 22.6. The summed E-state index contributed by atoms with van der Waals surface area (Å²) in [5, 5.41) is 10.7. The molecule has 0 aliphatic rings. The Bertz CT molecular complexity index is 1970. The molecule has 2 N–H and O–H groups in total. The molecule has 210 valence electrons. The fourth-order valence-corrected chi connectivity index (χ4v) is 5.02. The quantitative estimate of drug-likeness (QED) is 0.189. The van der Waals surface area contributed by atoms with Crippen LogP contribution in [0.15, 0.2) is 72.9 Å². The number of carboxylic acid groups (broad SMARTS) is 1. The van der Waals surface area contributed by atoms with Gasteiger partial charge in [0, 0.05) is 17.1 Å². The van der Waals surface area contributed by atoms with Crippen LogP contribution in [0, 0.1) is 12.7 Å². The number of rotatable bonds is 8. The second kappa shape index (κ2) is 11.1. The molecule has 0 unspecified atom stereocenters. The fourth-order valence-electron chi connectivity index (χ4n) is 4.77. The normalized spacial score (nSPS) is 11.2. The Morgan fingerprint density at radius 2 is 1.83 bits per heavy atom. The molecule has 0 aliphatic carbocycles. The summed E-state index contributed by atoms with van der Waals surface area (Å²) in [7, 11) is 0. The van der Waals surface area contributed by atoms with E-state index in [1.54, 1.807) is 43.5 Å². The van der Waals surface area contributed by atoms with E-state index in [1.807, 2.05) is 25.1 Å². The Kier molecular flexibility index (Phi) is 7.18. The molecule has 0 amide bonds. The van der Waals surface area contributed by atoms with Crippen molar-refractivity contribution >= 4 is 39.6 Å². The highest BCUT2D eigenvalue weighted by molar-refractivity contribution is 6.33. The molecule has 0 aliphatic heterocycles. The minimum absolute atomic E-state index is 0.142. The molecule has 0 saturated heterocycles. The van der Waals surface area contributed by atoms with Crippen molar-refractivity contribution in [2.24, 2.45) is 0 Å². The molecular weight excluding hydrogens is 559 g/mol. The average Bonchev–Trinajstić information content (AvgIpc) is 3.36. The van der Waals surface area contributed by atoms with Gasteiger partial charge in [-0.25, -0.2) is 14.2 Å². The number of H-pyrrole nitrogens is 1. The van der Waals surface area contributed by atoms with Gasteiger partial charge in [0.15, 0.2) is 11.4 Å². The highest BCUT2D eigenvalue weighted by Crippen LogP contribution is 2.39. The summed E-state index contributed by atoms with van der Waals surface area (Å²) in [4.78, 5) is 28.4. The molecule has 0 radical (unpaired) electrons. The Morgan fingerprint density at radius 1 is 1.02 bits per heavy atom. The highest BCUT2D eigenvalue weighted by atomic mass is 35.5. The van der Waals surface area contributed by atoms with Crippen LogP contribution in [0.25, 0.3) is 33.3 Å². The number of aromatic nitrogens is 4. The van der Waals surface area contributed by atoms with E-state index >= 15 is 0 Å². The Morgan fingerprint density at radius 3 is 2.60 bits per heavy atom. The highest BCUT2D eigenvalue weighted by Gasteiger charge is 2.19. The smallest absolute Gasteiger partial charge is 0.336 e. The van der Waals surface area contributed by atoms with E-state index in [2.05, 4.69) is 9.97 Å². The number of carboxylic acids is 1. The maximum atomic E-state index is 13.3. The second-order valence-corrected chi connectivity index (χ2v) is 10.1. The number of ether oxygens (including phenoxy) is 2. The third-order valence-electron chi connectivity index (χ3n) is 6.79. The zero-order valence-corrected chi connectivity index (χ0v) is 23.4. The van der Waals surface area contributed by atoms with Gasteiger partial charge in [0.25, 0.3) is 0 Å². The fraction of sp³-hybridized carbons (Fsp3) is 0.125. The lowest BCUT2D eigenvalue weighted by atomic mass is 10.0. The van der Waals surface area contributed by atoms with Crippen LogP contribution in [0.3, 0.4) is 0 Å². The van der Waals surface area contributed by atoms with E-state index in [-0.39, 0.29) is 17.4 Å². The van der Waals surface area contributed by atoms with Crippen molar-refractivity contribution in [2.45, 2.75) is 20.3 Å². The van der Waals surface area contributed by atoms with Gasteiger partial charge in [-0.15, -0.1) is 0 Å². The van der Waals surface area contributed by atoms with E-state index in [4.69, 9.17) is 31.0 Å². The van der Waals surface area contributed by atoms with Crippen LogP contribution in [0.4, 0.5) is 4.39 Å². The SMILES string of the molecule is CCOc1c(-c2nc3nc(Oc4ccc(C)c(C(=O)O)c4)[nH]c3cc2Cl)ccc2cc(Cc3ccc(F)cc3)cnc12. The Balaban J connectivity index is 1.35. The van der Waals surface area contributed by atoms with Crippen molar-refractivity contribution in [3.05, 3.63) is 106 Å². The van der Waals surface area contributed by atoms with Crippen LogP contribution >= 0.6 is 11.6 Å². The molecule has 6 aromatic rings. The van der Waals surface area contributed by atoms with E-state index < -0.39 is 5.97 Å². The van der Waals surface area contributed by atoms with Gasteiger partial charge < -0.3 is 19.6 Å². The Labute approximate surface area is 244 Å². The van der Waals surface area contributed by atoms with E-state index in [0.717, 1.165) is 16.5 Å². The number of imidazole rings is 1. The average molecular weight is 583 g/mol. The monoisotopic (exact) mass is 582 g/mol. The molecule has 3 aromatic heterocycles. The van der Waals surface area contributed by atoms with Crippen LogP contribution in [-0.4, -0.2) is 37.6 Å². The summed E-state index contributed by atoms with van der Waals surface area (Å²) >= 11 is 6.71. The molecule has 0 atom stereocenters. The van der Waals surface area contributed by atoms with Gasteiger partial charge in [-0.2, -0.15) is 4.98 Å². The molecule has 3 heterocycles. The first-order valence-electron chi connectivity index (χ1n) is 13.2. The second-order valence-electron chi connectivity index (χ2n) is 9.71. The predicted molar refractivity (Wildman–Crippen MR) is 158 cm³/mol. The van der Waals surface area contributed by atoms with Crippen molar-refractivity contribution in [3.8, 4) is 28.8 Å². The summed E-state index contributed by atoms with van der Waals surface area (Å²) in [6.45, 7) is 4.01. The maximum absolute atomic E-state index is 13.3. The number of aromatic carboxylic acids is 1. The number of aryl methyl sites for hydroxylation is 1. The maximum Gasteiger partial charge on any atom is 0.336 e. The standard InChI is InChI=1S/C32H24ClFN4O4/c1-3-41-29-23(11-7-20-13-19(16-35-27(20)29)12-18-5-8-21(34)9-6-18)28-25(33)15-26-30(37-28)38-32(36-26)42-22-10-4-17(2)24(14-22)31(39)40/h4-11,13-16H,3,12H2,1-2H3,(H,39,40)(H,36,37,38). The molecule has 8 nitrogen and oxygen atoms in total. The minimum atomic E-state index is -1.04. The molecular formula is C32H24ClFN4O4. The molecule has 3 aromatic carbocycles. The summed E-state index contributed by atoms with van der Waals surface area (Å²) < 4.78 is 25.2. The lowest BCUT2D eigenvalue weighted by Gasteiger charge is -2.14. The molecule has 0 spiro atoms. The predicted octanol–water partition coefficient (Wildman–Crippen LogP) is 7.75. The number of pyridine rings is 2. The van der Waals surface area contributed by atoms with Crippen molar-refractivity contribution in [1.82, 2.24) is 19.9 Å². The van der Waals surface area contributed by atoms with Gasteiger partial charge in [0.05, 0.1) is 28.4 Å². The first-order valence-corrected chi connectivity index (χ1v) is 13.5. The van der Waals surface area contributed by atoms with Crippen molar-refractivity contribution < 1.29 is 23.8 Å². The molecule has 10 heteroatoms. The number of hydrogen-bond donors (Lipinski definition) is 2. The Hall–Kier alpha value is -5.02. The first-order chi connectivity index (χ1) is 20.3. The lowest BCUT2D eigenvalue weighted by Crippen LogP contribution is -2.00. The lowest BCUT2D eigenvalue weighted by molar-refractivity contribution is 0.0695. The number of benzene rings is 3. The topological polar surface area (TPSA) is 110 Å². The van der Waals surface area contributed by atoms with E-state index in [0.29, 0.717) is 63.1 Å². The van der Waals surface area contributed by atoms with Gasteiger partial charge in [-0.05, 0) is 79.4 Å². The number of hydrogen-bond acceptors (Lipinski definition) is 6. The number of carbonyl (C=O) groups is 1. The third-order valence-corrected chi connectivity index (χ3v) is 7.08. The molecule has 6 rings (SSSR count). The van der Waals surface area contributed by atoms with Gasteiger partial charge in [0.2, 0.25) is 0 Å². The number of aromatic amines is 1. The van der Waals surface area contributed by atoms with E-state index in [9.17, 15) is 14.3 Å². The van der Waals surface area contributed by atoms with Gasteiger partial charge >= 0.3 is 12.0 Å². The first kappa shape index (κ1) is 27.2. The number of fused-ring (bicyclic) bond motifs is 2. The van der Waals surface area contributed by atoms with E-state index in [1.165, 1.54) is 18.2 Å². The number of nitrogens with one attached hydrogen (secondary N) is 1. The van der Waals surface area contributed by atoms with Crippen LogP contribution in [0.1, 0.15) is 34.0 Å². The van der Waals surface area contributed by atoms with Gasteiger partial charge in [0.1, 0.15) is 17.1 Å². The van der Waals surface area contributed by atoms with Crippen LogP contribution < -0.4 is 9.47 Å². The van der Waals surface area contributed by atoms with Crippen LogP contribution in [0.2, 0.25) is 5.02 Å². The third kappa shape index (κ3) is 5.34. The molecule has 0 fully saturated rings. The van der Waals surface area contributed by atoms with Gasteiger partial charge in [-0.1, -0.05) is 35.9 Å². The summed E-state index contributed by atoms with van der Waals surface area (Å²) in [6, 6.07) is 18.9. The zero-order chi connectivity index (χ0) is 29.4. The minimum Gasteiger partial charge on any atom is -0.491 e. The molecule has 0 saturated carbocycles. The molecule has 42 heavy (non-hydrogen) atoms. The summed E-state index contributed by atoms with van der Waals surface area (Å²) in [6.07, 6.45) is 2.40. The molecule has 0 bridgehead atoms.